The number of ether oxygens (including phenoxy) is 1. The number of amides is 2. The predicted octanol–water partition coefficient (Wildman–Crippen LogP) is 2.72. The lowest BCUT2D eigenvalue weighted by Crippen LogP contribution is -2.36. The zero-order chi connectivity index (χ0) is 15.8. The highest BCUT2D eigenvalue weighted by molar-refractivity contribution is 6.39. The first-order valence-electron chi connectivity index (χ1n) is 7.93. The number of carbonyl (C=O) groups is 2. The quantitative estimate of drug-likeness (QED) is 0.822. The van der Waals surface area contributed by atoms with Crippen LogP contribution in [-0.4, -0.2) is 25.5 Å². The second-order valence-corrected chi connectivity index (χ2v) is 5.70. The molecule has 5 heteroatoms. The Labute approximate surface area is 131 Å². The minimum atomic E-state index is -0.659. The number of rotatable bonds is 5. The van der Waals surface area contributed by atoms with Crippen molar-refractivity contribution in [2.75, 3.05) is 19.0 Å². The maximum atomic E-state index is 11.9. The van der Waals surface area contributed by atoms with Gasteiger partial charge in [0.15, 0.2) is 0 Å². The monoisotopic (exact) mass is 304 g/mol. The molecule has 0 heterocycles. The summed E-state index contributed by atoms with van der Waals surface area (Å²) in [4.78, 5) is 23.7. The van der Waals surface area contributed by atoms with Crippen molar-refractivity contribution < 1.29 is 14.3 Å². The van der Waals surface area contributed by atoms with Crippen LogP contribution in [0, 0.1) is 5.92 Å². The van der Waals surface area contributed by atoms with Gasteiger partial charge in [-0.1, -0.05) is 44.2 Å². The van der Waals surface area contributed by atoms with Crippen molar-refractivity contribution in [2.45, 2.75) is 38.5 Å². The molecule has 0 spiro atoms. The number of methoxy groups -OCH3 is 1. The first kappa shape index (κ1) is 16.3. The molecule has 0 atom stereocenters. The van der Waals surface area contributed by atoms with Gasteiger partial charge in [-0.2, -0.15) is 0 Å². The molecule has 5 nitrogen and oxygen atoms in total. The molecule has 0 aliphatic heterocycles. The van der Waals surface area contributed by atoms with Crippen LogP contribution < -0.4 is 15.4 Å². The fourth-order valence-electron chi connectivity index (χ4n) is 2.87. The van der Waals surface area contributed by atoms with E-state index in [4.69, 9.17) is 4.74 Å². The van der Waals surface area contributed by atoms with E-state index in [1.807, 2.05) is 0 Å². The van der Waals surface area contributed by atoms with Crippen LogP contribution in [0.5, 0.6) is 5.75 Å². The molecule has 1 saturated carbocycles. The molecule has 0 bridgehead atoms. The molecule has 2 amide bonds. The Bertz CT molecular complexity index is 510. The van der Waals surface area contributed by atoms with Crippen LogP contribution in [0.3, 0.4) is 0 Å². The lowest BCUT2D eigenvalue weighted by atomic mass is 9.87. The van der Waals surface area contributed by atoms with Crippen LogP contribution in [0.1, 0.15) is 38.5 Å². The van der Waals surface area contributed by atoms with Crippen molar-refractivity contribution in [1.29, 1.82) is 0 Å². The van der Waals surface area contributed by atoms with E-state index in [1.165, 1.54) is 39.2 Å². The van der Waals surface area contributed by atoms with Gasteiger partial charge in [-0.25, -0.2) is 0 Å². The smallest absolute Gasteiger partial charge is 0.313 e. The highest BCUT2D eigenvalue weighted by Crippen LogP contribution is 2.25. The molecule has 0 saturated heterocycles. The van der Waals surface area contributed by atoms with E-state index in [-0.39, 0.29) is 0 Å². The Morgan fingerprint density at radius 2 is 1.86 bits per heavy atom. The fourth-order valence-corrected chi connectivity index (χ4v) is 2.87. The Hall–Kier alpha value is -2.04. The molecule has 0 radical (unpaired) electrons. The van der Waals surface area contributed by atoms with Gasteiger partial charge < -0.3 is 15.4 Å². The number of para-hydroxylation sites is 2. The topological polar surface area (TPSA) is 67.4 Å². The van der Waals surface area contributed by atoms with Crippen LogP contribution >= 0.6 is 0 Å². The van der Waals surface area contributed by atoms with Crippen molar-refractivity contribution in [3.05, 3.63) is 24.3 Å². The normalized spacial score (nSPS) is 15.1. The largest absolute Gasteiger partial charge is 0.495 e. The molecule has 1 aromatic rings. The molecule has 22 heavy (non-hydrogen) atoms. The fraction of sp³-hybridized carbons (Fsp3) is 0.529. The number of benzene rings is 1. The predicted molar refractivity (Wildman–Crippen MR) is 85.8 cm³/mol. The molecule has 1 fully saturated rings. The van der Waals surface area contributed by atoms with Crippen LogP contribution in [0.2, 0.25) is 0 Å². The van der Waals surface area contributed by atoms with E-state index >= 15 is 0 Å². The summed E-state index contributed by atoms with van der Waals surface area (Å²) in [5, 5.41) is 5.27. The Morgan fingerprint density at radius 1 is 1.14 bits per heavy atom. The molecule has 120 valence electrons. The number of hydrogen-bond donors (Lipinski definition) is 2. The Morgan fingerprint density at radius 3 is 2.59 bits per heavy atom. The maximum absolute atomic E-state index is 11.9. The molecule has 0 aromatic heterocycles. The standard InChI is InChI=1S/C17H24N2O3/c1-22-15-10-6-5-9-14(15)19-17(21)16(20)18-12-11-13-7-3-2-4-8-13/h5-6,9-10,13H,2-4,7-8,11-12H2,1H3,(H,18,20)(H,19,21). The van der Waals surface area contributed by atoms with Crippen molar-refractivity contribution in [1.82, 2.24) is 5.32 Å². The summed E-state index contributed by atoms with van der Waals surface area (Å²) in [6, 6.07) is 7.01. The van der Waals surface area contributed by atoms with E-state index in [2.05, 4.69) is 10.6 Å². The van der Waals surface area contributed by atoms with Gasteiger partial charge in [0.2, 0.25) is 0 Å². The number of hydrogen-bond acceptors (Lipinski definition) is 3. The highest BCUT2D eigenvalue weighted by Gasteiger charge is 2.17. The van der Waals surface area contributed by atoms with Gasteiger partial charge >= 0.3 is 11.8 Å². The second-order valence-electron chi connectivity index (χ2n) is 5.70. The van der Waals surface area contributed by atoms with Gasteiger partial charge in [0.05, 0.1) is 12.8 Å². The van der Waals surface area contributed by atoms with Crippen LogP contribution in [0.25, 0.3) is 0 Å². The average molecular weight is 304 g/mol. The number of carbonyl (C=O) groups excluding carboxylic acids is 2. The molecule has 1 aromatic carbocycles. The van der Waals surface area contributed by atoms with E-state index < -0.39 is 11.8 Å². The molecule has 0 unspecified atom stereocenters. The van der Waals surface area contributed by atoms with Gasteiger partial charge in [0, 0.05) is 6.54 Å². The lowest BCUT2D eigenvalue weighted by Gasteiger charge is -2.21. The van der Waals surface area contributed by atoms with Gasteiger partial charge in [-0.3, -0.25) is 9.59 Å². The molecular formula is C17H24N2O3. The van der Waals surface area contributed by atoms with Crippen LogP contribution in [0.4, 0.5) is 5.69 Å². The molecule has 1 aliphatic carbocycles. The minimum absolute atomic E-state index is 0.498. The van der Waals surface area contributed by atoms with Gasteiger partial charge in [0.1, 0.15) is 5.75 Å². The first-order chi connectivity index (χ1) is 10.7. The summed E-state index contributed by atoms with van der Waals surface area (Å²) in [6.45, 7) is 0.558. The summed E-state index contributed by atoms with van der Waals surface area (Å²) in [7, 11) is 1.52. The highest BCUT2D eigenvalue weighted by atomic mass is 16.5. The first-order valence-corrected chi connectivity index (χ1v) is 7.93. The number of nitrogens with one attached hydrogen (secondary N) is 2. The van der Waals surface area contributed by atoms with Crippen molar-refractivity contribution >= 4 is 17.5 Å². The Kier molecular flexibility index (Phi) is 6.25. The molecule has 1 aliphatic rings. The third-order valence-corrected chi connectivity index (χ3v) is 4.12. The third-order valence-electron chi connectivity index (χ3n) is 4.12. The molecule has 2 N–H and O–H groups in total. The summed E-state index contributed by atoms with van der Waals surface area (Å²) in [5.41, 5.74) is 0.498. The van der Waals surface area contributed by atoms with Gasteiger partial charge in [-0.05, 0) is 24.5 Å². The second kappa shape index (κ2) is 8.41. The molecular weight excluding hydrogens is 280 g/mol. The third kappa shape index (κ3) is 4.76. The van der Waals surface area contributed by atoms with Crippen molar-refractivity contribution in [3.63, 3.8) is 0 Å². The van der Waals surface area contributed by atoms with Crippen LogP contribution in [0.15, 0.2) is 24.3 Å². The summed E-state index contributed by atoms with van der Waals surface area (Å²) >= 11 is 0. The average Bonchev–Trinajstić information content (AvgIpc) is 2.56. The summed E-state index contributed by atoms with van der Waals surface area (Å²) in [6.07, 6.45) is 7.32. The maximum Gasteiger partial charge on any atom is 0.313 e. The Balaban J connectivity index is 1.75. The van der Waals surface area contributed by atoms with E-state index in [0.717, 1.165) is 6.42 Å². The SMILES string of the molecule is COc1ccccc1NC(=O)C(=O)NCCC1CCCCC1. The van der Waals surface area contributed by atoms with Crippen molar-refractivity contribution in [2.24, 2.45) is 5.92 Å². The summed E-state index contributed by atoms with van der Waals surface area (Å²) in [5.74, 6) is -0.0351. The van der Waals surface area contributed by atoms with Crippen molar-refractivity contribution in [3.8, 4) is 5.75 Å². The lowest BCUT2D eigenvalue weighted by molar-refractivity contribution is -0.136. The molecule has 2 rings (SSSR count). The zero-order valence-electron chi connectivity index (χ0n) is 13.1. The zero-order valence-corrected chi connectivity index (χ0v) is 13.1. The van der Waals surface area contributed by atoms with E-state index in [0.29, 0.717) is 23.9 Å². The van der Waals surface area contributed by atoms with Gasteiger partial charge in [-0.15, -0.1) is 0 Å². The minimum Gasteiger partial charge on any atom is -0.495 e. The summed E-state index contributed by atoms with van der Waals surface area (Å²) < 4.78 is 5.14. The van der Waals surface area contributed by atoms with Crippen LogP contribution in [-0.2, 0) is 9.59 Å². The van der Waals surface area contributed by atoms with Gasteiger partial charge in [0.25, 0.3) is 0 Å². The van der Waals surface area contributed by atoms with E-state index in [9.17, 15) is 9.59 Å². The number of anilines is 1. The van der Waals surface area contributed by atoms with E-state index in [1.54, 1.807) is 24.3 Å².